The minimum absolute atomic E-state index is 0.0676. The van der Waals surface area contributed by atoms with E-state index < -0.39 is 0 Å². The summed E-state index contributed by atoms with van der Waals surface area (Å²) >= 11 is 0. The molecule has 1 rings (SSSR count). The zero-order valence-corrected chi connectivity index (χ0v) is 13.2. The van der Waals surface area contributed by atoms with Crippen LogP contribution in [-0.4, -0.2) is 22.9 Å². The molecule has 1 aliphatic carbocycles. The Hall–Kier alpha value is -0.530. The molecule has 1 fully saturated rings. The second kappa shape index (κ2) is 5.63. The number of amides is 1. The number of nitrogens with zero attached hydrogens (tertiary/aromatic N) is 1. The molecule has 0 aliphatic heterocycles. The molecule has 0 atom stereocenters. The number of carbonyl (C=O) groups is 1. The van der Waals surface area contributed by atoms with Crippen molar-refractivity contribution in [2.24, 2.45) is 11.3 Å². The van der Waals surface area contributed by atoms with Gasteiger partial charge in [-0.15, -0.1) is 0 Å². The molecule has 0 heterocycles. The van der Waals surface area contributed by atoms with Crippen molar-refractivity contribution in [2.45, 2.75) is 79.2 Å². The SMILES string of the molecule is CC(C)(C)CN(C(=O)C1CCCCC1)C(C)(C)C. The first-order valence-electron chi connectivity index (χ1n) is 7.43. The van der Waals surface area contributed by atoms with E-state index >= 15 is 0 Å². The lowest BCUT2D eigenvalue weighted by atomic mass is 9.85. The van der Waals surface area contributed by atoms with Crippen LogP contribution in [0.3, 0.4) is 0 Å². The molecule has 1 amide bonds. The predicted molar refractivity (Wildman–Crippen MR) is 77.5 cm³/mol. The van der Waals surface area contributed by atoms with E-state index in [9.17, 15) is 4.79 Å². The first-order chi connectivity index (χ1) is 8.11. The largest absolute Gasteiger partial charge is 0.337 e. The molecule has 18 heavy (non-hydrogen) atoms. The van der Waals surface area contributed by atoms with E-state index in [1.54, 1.807) is 0 Å². The van der Waals surface area contributed by atoms with Crippen LogP contribution in [0.4, 0.5) is 0 Å². The fourth-order valence-electron chi connectivity index (χ4n) is 2.69. The molecule has 106 valence electrons. The number of rotatable bonds is 2. The van der Waals surface area contributed by atoms with E-state index in [1.165, 1.54) is 19.3 Å². The molecule has 1 saturated carbocycles. The Morgan fingerprint density at radius 2 is 1.50 bits per heavy atom. The van der Waals surface area contributed by atoms with E-state index in [1.807, 2.05) is 0 Å². The molecular weight excluding hydrogens is 222 g/mol. The second-order valence-electron chi connectivity index (χ2n) is 7.99. The van der Waals surface area contributed by atoms with Gasteiger partial charge in [-0.2, -0.15) is 0 Å². The molecule has 0 aromatic carbocycles. The summed E-state index contributed by atoms with van der Waals surface area (Å²) in [5.41, 5.74) is 0.0966. The van der Waals surface area contributed by atoms with E-state index in [0.29, 0.717) is 5.91 Å². The van der Waals surface area contributed by atoms with Crippen molar-refractivity contribution < 1.29 is 4.79 Å². The molecular formula is C16H31NO. The number of carbonyl (C=O) groups excluding carboxylic acids is 1. The first kappa shape index (κ1) is 15.5. The van der Waals surface area contributed by atoms with Crippen LogP contribution in [-0.2, 0) is 4.79 Å². The third kappa shape index (κ3) is 4.62. The molecule has 0 N–H and O–H groups in total. The normalized spacial score (nSPS) is 18.8. The Kier molecular flexibility index (Phi) is 4.85. The molecule has 0 unspecified atom stereocenters. The van der Waals surface area contributed by atoms with Crippen LogP contribution in [0.5, 0.6) is 0 Å². The van der Waals surface area contributed by atoms with Gasteiger partial charge in [0, 0.05) is 18.0 Å². The summed E-state index contributed by atoms with van der Waals surface area (Å²) in [5, 5.41) is 0. The lowest BCUT2D eigenvalue weighted by molar-refractivity contribution is -0.143. The molecule has 2 heteroatoms. The zero-order valence-electron chi connectivity index (χ0n) is 13.2. The standard InChI is InChI=1S/C16H31NO/c1-15(2,3)12-17(16(4,5)6)14(18)13-10-8-7-9-11-13/h13H,7-12H2,1-6H3. The lowest BCUT2D eigenvalue weighted by Gasteiger charge is -2.42. The third-order valence-electron chi connectivity index (χ3n) is 3.66. The molecule has 0 saturated heterocycles. The first-order valence-corrected chi connectivity index (χ1v) is 7.43. The van der Waals surface area contributed by atoms with Crippen LogP contribution in [0, 0.1) is 11.3 Å². The van der Waals surface area contributed by atoms with Gasteiger partial charge in [-0.3, -0.25) is 4.79 Å². The molecule has 0 radical (unpaired) electrons. The number of hydrogen-bond acceptors (Lipinski definition) is 1. The van der Waals surface area contributed by atoms with Crippen LogP contribution < -0.4 is 0 Å². The highest BCUT2D eigenvalue weighted by atomic mass is 16.2. The quantitative estimate of drug-likeness (QED) is 0.721. The summed E-state index contributed by atoms with van der Waals surface area (Å²) in [4.78, 5) is 14.9. The fourth-order valence-corrected chi connectivity index (χ4v) is 2.69. The van der Waals surface area contributed by atoms with Crippen molar-refractivity contribution in [3.05, 3.63) is 0 Å². The second-order valence-corrected chi connectivity index (χ2v) is 7.99. The van der Waals surface area contributed by atoms with E-state index in [2.05, 4.69) is 46.4 Å². The highest BCUT2D eigenvalue weighted by molar-refractivity contribution is 5.79. The van der Waals surface area contributed by atoms with E-state index in [4.69, 9.17) is 0 Å². The van der Waals surface area contributed by atoms with Crippen molar-refractivity contribution in [3.63, 3.8) is 0 Å². The van der Waals surface area contributed by atoms with Crippen molar-refractivity contribution >= 4 is 5.91 Å². The minimum atomic E-state index is -0.0676. The van der Waals surface area contributed by atoms with Crippen molar-refractivity contribution in [1.82, 2.24) is 4.90 Å². The maximum atomic E-state index is 12.7. The van der Waals surface area contributed by atoms with Crippen LogP contribution in [0.25, 0.3) is 0 Å². The van der Waals surface area contributed by atoms with Gasteiger partial charge in [-0.1, -0.05) is 40.0 Å². The minimum Gasteiger partial charge on any atom is -0.337 e. The fraction of sp³-hybridized carbons (Fsp3) is 0.938. The van der Waals surface area contributed by atoms with Gasteiger partial charge in [0.25, 0.3) is 0 Å². The van der Waals surface area contributed by atoms with E-state index in [-0.39, 0.29) is 16.9 Å². The van der Waals surface area contributed by atoms with E-state index in [0.717, 1.165) is 19.4 Å². The maximum absolute atomic E-state index is 12.7. The van der Waals surface area contributed by atoms with Crippen LogP contribution in [0.15, 0.2) is 0 Å². The van der Waals surface area contributed by atoms with Crippen molar-refractivity contribution in [1.29, 1.82) is 0 Å². The average molecular weight is 253 g/mol. The van der Waals surface area contributed by atoms with Crippen LogP contribution in [0.2, 0.25) is 0 Å². The average Bonchev–Trinajstić information content (AvgIpc) is 2.24. The summed E-state index contributed by atoms with van der Waals surface area (Å²) in [6.45, 7) is 13.9. The monoisotopic (exact) mass is 253 g/mol. The molecule has 0 aromatic heterocycles. The van der Waals surface area contributed by atoms with Gasteiger partial charge in [0.05, 0.1) is 0 Å². The summed E-state index contributed by atoms with van der Waals surface area (Å²) in [6, 6.07) is 0. The highest BCUT2D eigenvalue weighted by Gasteiger charge is 2.34. The molecule has 1 aliphatic rings. The van der Waals surface area contributed by atoms with Gasteiger partial charge in [0.1, 0.15) is 0 Å². The molecule has 2 nitrogen and oxygen atoms in total. The predicted octanol–water partition coefficient (Wildman–Crippen LogP) is 4.24. The topological polar surface area (TPSA) is 20.3 Å². The summed E-state index contributed by atoms with van der Waals surface area (Å²) in [5.74, 6) is 0.664. The molecule has 0 spiro atoms. The Morgan fingerprint density at radius 3 is 1.89 bits per heavy atom. The highest BCUT2D eigenvalue weighted by Crippen LogP contribution is 2.30. The molecule has 0 bridgehead atoms. The Bertz CT molecular complexity index is 276. The van der Waals surface area contributed by atoms with Gasteiger partial charge in [-0.25, -0.2) is 0 Å². The van der Waals surface area contributed by atoms with Gasteiger partial charge in [0.2, 0.25) is 5.91 Å². The zero-order chi connectivity index (χ0) is 14.0. The van der Waals surface area contributed by atoms with Crippen molar-refractivity contribution in [3.8, 4) is 0 Å². The Morgan fingerprint density at radius 1 is 1.00 bits per heavy atom. The Balaban J connectivity index is 2.79. The Labute approximate surface area is 113 Å². The van der Waals surface area contributed by atoms with Crippen LogP contribution >= 0.6 is 0 Å². The van der Waals surface area contributed by atoms with Crippen molar-refractivity contribution in [2.75, 3.05) is 6.54 Å². The molecule has 0 aromatic rings. The van der Waals surface area contributed by atoms with Gasteiger partial charge in [-0.05, 0) is 39.0 Å². The van der Waals surface area contributed by atoms with Gasteiger partial charge in [0.15, 0.2) is 0 Å². The third-order valence-corrected chi connectivity index (χ3v) is 3.66. The summed E-state index contributed by atoms with van der Waals surface area (Å²) in [6.07, 6.45) is 5.94. The van der Waals surface area contributed by atoms with Crippen LogP contribution in [0.1, 0.15) is 73.6 Å². The lowest BCUT2D eigenvalue weighted by Crippen LogP contribution is -2.51. The maximum Gasteiger partial charge on any atom is 0.226 e. The smallest absolute Gasteiger partial charge is 0.226 e. The van der Waals surface area contributed by atoms with Gasteiger partial charge >= 0.3 is 0 Å². The summed E-state index contributed by atoms with van der Waals surface area (Å²) < 4.78 is 0. The summed E-state index contributed by atoms with van der Waals surface area (Å²) in [7, 11) is 0. The number of hydrogen-bond donors (Lipinski definition) is 0. The van der Waals surface area contributed by atoms with Gasteiger partial charge < -0.3 is 4.90 Å².